The van der Waals surface area contributed by atoms with E-state index in [1.807, 2.05) is 0 Å². The third-order valence-electron chi connectivity index (χ3n) is 5.91. The van der Waals surface area contributed by atoms with Gasteiger partial charge in [-0.3, -0.25) is 9.59 Å². The van der Waals surface area contributed by atoms with Crippen LogP contribution in [0.15, 0.2) is 0 Å². The van der Waals surface area contributed by atoms with Gasteiger partial charge in [-0.1, -0.05) is 13.8 Å². The Labute approximate surface area is 190 Å². The van der Waals surface area contributed by atoms with Crippen LogP contribution in [0.4, 0.5) is 0 Å². The minimum absolute atomic E-state index is 0.419. The smallest absolute Gasteiger partial charge is 0.319 e. The number of aliphatic hydroxyl groups is 7. The van der Waals surface area contributed by atoms with E-state index >= 15 is 0 Å². The second kappa shape index (κ2) is 10.6. The zero-order valence-electron chi connectivity index (χ0n) is 18.9. The lowest BCUT2D eigenvalue weighted by Gasteiger charge is -2.43. The van der Waals surface area contributed by atoms with Crippen molar-refractivity contribution in [1.29, 1.82) is 0 Å². The Kier molecular flexibility index (Phi) is 8.95. The highest BCUT2D eigenvalue weighted by Gasteiger charge is 2.59. The number of ether oxygens (including phenoxy) is 4. The van der Waals surface area contributed by atoms with Gasteiger partial charge in [0.25, 0.3) is 0 Å². The number of esters is 1. The van der Waals surface area contributed by atoms with E-state index in [1.165, 1.54) is 13.8 Å². The molecule has 0 bridgehead atoms. The lowest BCUT2D eigenvalue weighted by Crippen LogP contribution is -2.63. The Morgan fingerprint density at radius 2 is 1.52 bits per heavy atom. The fourth-order valence-corrected chi connectivity index (χ4v) is 3.79. The first-order valence-electron chi connectivity index (χ1n) is 10.6. The average molecular weight is 482 g/mol. The van der Waals surface area contributed by atoms with Gasteiger partial charge in [-0.25, -0.2) is 0 Å². The summed E-state index contributed by atoms with van der Waals surface area (Å²) in [7, 11) is 0. The predicted molar refractivity (Wildman–Crippen MR) is 106 cm³/mol. The first-order chi connectivity index (χ1) is 15.2. The molecule has 13 nitrogen and oxygen atoms in total. The van der Waals surface area contributed by atoms with Crippen LogP contribution in [0.3, 0.4) is 0 Å². The molecular formula is C20H34O13. The van der Waals surface area contributed by atoms with Gasteiger partial charge in [-0.2, -0.15) is 0 Å². The summed E-state index contributed by atoms with van der Waals surface area (Å²) in [5, 5.41) is 69.8. The molecule has 2 rings (SSSR count). The topological polar surface area (TPSA) is 213 Å². The minimum Gasteiger partial charge on any atom is -0.459 e. The summed E-state index contributed by atoms with van der Waals surface area (Å²) >= 11 is 0. The third-order valence-corrected chi connectivity index (χ3v) is 5.91. The fourth-order valence-electron chi connectivity index (χ4n) is 3.79. The molecule has 0 unspecified atom stereocenters. The molecule has 0 aromatic heterocycles. The van der Waals surface area contributed by atoms with Crippen molar-refractivity contribution in [1.82, 2.24) is 0 Å². The SMILES string of the molecule is CC(C)C(=O)C(C)(C)C(=O)OC[C@@]1(O[C@H]2O[C@H](CO)[C@@H](O)[C@H](O)[C@H]2O)O[C@H](CO)[C@@H](O)[C@@H]1O. The van der Waals surface area contributed by atoms with E-state index in [4.69, 9.17) is 18.9 Å². The summed E-state index contributed by atoms with van der Waals surface area (Å²) in [6.45, 7) is 3.48. The van der Waals surface area contributed by atoms with Crippen molar-refractivity contribution < 1.29 is 64.3 Å². The molecule has 7 N–H and O–H groups in total. The van der Waals surface area contributed by atoms with Crippen molar-refractivity contribution in [2.75, 3.05) is 19.8 Å². The van der Waals surface area contributed by atoms with Crippen LogP contribution in [0.1, 0.15) is 27.7 Å². The molecule has 2 saturated heterocycles. The van der Waals surface area contributed by atoms with Gasteiger partial charge < -0.3 is 54.7 Å². The second-order valence-corrected chi connectivity index (χ2v) is 9.12. The molecule has 0 spiro atoms. The van der Waals surface area contributed by atoms with Crippen LogP contribution in [-0.4, -0.2) is 122 Å². The van der Waals surface area contributed by atoms with Crippen molar-refractivity contribution in [3.63, 3.8) is 0 Å². The van der Waals surface area contributed by atoms with Crippen molar-refractivity contribution in [2.24, 2.45) is 11.3 Å². The molecule has 13 heteroatoms. The Hall–Kier alpha value is -1.26. The van der Waals surface area contributed by atoms with Crippen LogP contribution in [0.2, 0.25) is 0 Å². The highest BCUT2D eigenvalue weighted by molar-refractivity contribution is 6.03. The van der Waals surface area contributed by atoms with Crippen LogP contribution in [0.5, 0.6) is 0 Å². The van der Waals surface area contributed by atoms with Crippen molar-refractivity contribution >= 4 is 11.8 Å². The molecule has 0 amide bonds. The molecule has 2 heterocycles. The minimum atomic E-state index is -2.40. The predicted octanol–water partition coefficient (Wildman–Crippen LogP) is -3.59. The summed E-state index contributed by atoms with van der Waals surface area (Å²) in [4.78, 5) is 25.0. The maximum absolute atomic E-state index is 12.7. The number of Topliss-reactive ketones (excluding diaryl/α,β-unsaturated/α-hetero) is 1. The van der Waals surface area contributed by atoms with Gasteiger partial charge in [0.15, 0.2) is 12.1 Å². The zero-order chi connectivity index (χ0) is 25.3. The molecule has 0 radical (unpaired) electrons. The van der Waals surface area contributed by atoms with E-state index in [9.17, 15) is 45.3 Å². The number of aliphatic hydroxyl groups excluding tert-OH is 7. The van der Waals surface area contributed by atoms with E-state index in [2.05, 4.69) is 0 Å². The monoisotopic (exact) mass is 482 g/mol. The Morgan fingerprint density at radius 3 is 2.00 bits per heavy atom. The molecule has 2 aliphatic rings. The summed E-state index contributed by atoms with van der Waals surface area (Å²) < 4.78 is 21.4. The maximum atomic E-state index is 12.7. The standard InChI is InChI=1S/C20H34O13/c1-8(2)15(27)19(3,4)18(29)30-7-20(16(28)12(24)10(6-22)32-20)33-17-14(26)13(25)11(23)9(5-21)31-17/h8-14,16-17,21-26,28H,5-7H2,1-4H3/t9-,10-,11-,12-,13+,14-,16+,17-,20+/m1/s1. The molecule has 0 aliphatic carbocycles. The van der Waals surface area contributed by atoms with Crippen molar-refractivity contribution in [2.45, 2.75) is 82.5 Å². The van der Waals surface area contributed by atoms with Crippen LogP contribution >= 0.6 is 0 Å². The molecule has 0 aromatic carbocycles. The number of carbonyl (C=O) groups excluding carboxylic acids is 2. The van der Waals surface area contributed by atoms with Crippen LogP contribution in [0.25, 0.3) is 0 Å². The highest BCUT2D eigenvalue weighted by atomic mass is 16.8. The van der Waals surface area contributed by atoms with Gasteiger partial charge in [0.2, 0.25) is 5.79 Å². The second-order valence-electron chi connectivity index (χ2n) is 9.12. The number of ketones is 1. The number of hydrogen-bond donors (Lipinski definition) is 7. The van der Waals surface area contributed by atoms with Gasteiger partial charge in [-0.05, 0) is 13.8 Å². The number of rotatable bonds is 9. The summed E-state index contributed by atoms with van der Waals surface area (Å²) in [5.74, 6) is -4.29. The van der Waals surface area contributed by atoms with E-state index in [1.54, 1.807) is 13.8 Å². The van der Waals surface area contributed by atoms with Gasteiger partial charge in [-0.15, -0.1) is 0 Å². The Morgan fingerprint density at radius 1 is 0.939 bits per heavy atom. The largest absolute Gasteiger partial charge is 0.459 e. The molecule has 192 valence electrons. The fraction of sp³-hybridized carbons (Fsp3) is 0.900. The van der Waals surface area contributed by atoms with Crippen LogP contribution in [-0.2, 0) is 28.5 Å². The lowest BCUT2D eigenvalue weighted by molar-refractivity contribution is -0.384. The highest BCUT2D eigenvalue weighted by Crippen LogP contribution is 2.37. The molecule has 2 fully saturated rings. The Balaban J connectivity index is 2.29. The van der Waals surface area contributed by atoms with Crippen molar-refractivity contribution in [3.8, 4) is 0 Å². The van der Waals surface area contributed by atoms with Gasteiger partial charge in [0, 0.05) is 5.92 Å². The van der Waals surface area contributed by atoms with E-state index in [0.29, 0.717) is 0 Å². The van der Waals surface area contributed by atoms with E-state index in [-0.39, 0.29) is 0 Å². The number of carbonyl (C=O) groups is 2. The van der Waals surface area contributed by atoms with E-state index in [0.717, 1.165) is 0 Å². The summed E-state index contributed by atoms with van der Waals surface area (Å²) in [6.07, 6.45) is -13.6. The first kappa shape index (κ1) is 28.0. The van der Waals surface area contributed by atoms with Gasteiger partial charge in [0.1, 0.15) is 54.7 Å². The van der Waals surface area contributed by atoms with Crippen LogP contribution < -0.4 is 0 Å². The molecule has 0 aromatic rings. The summed E-state index contributed by atoms with van der Waals surface area (Å²) in [5.41, 5.74) is -1.57. The third kappa shape index (κ3) is 5.37. The quantitative estimate of drug-likeness (QED) is 0.125. The van der Waals surface area contributed by atoms with Crippen molar-refractivity contribution in [3.05, 3.63) is 0 Å². The Bertz CT molecular complexity index is 695. The first-order valence-corrected chi connectivity index (χ1v) is 10.6. The molecule has 0 saturated carbocycles. The molecule has 2 aliphatic heterocycles. The van der Waals surface area contributed by atoms with Crippen LogP contribution in [0, 0.1) is 11.3 Å². The normalized spacial score (nSPS) is 39.6. The average Bonchev–Trinajstić information content (AvgIpc) is 3.01. The maximum Gasteiger partial charge on any atom is 0.319 e. The van der Waals surface area contributed by atoms with E-state index < -0.39 is 97.7 Å². The lowest BCUT2D eigenvalue weighted by atomic mass is 9.82. The zero-order valence-corrected chi connectivity index (χ0v) is 18.9. The van der Waals surface area contributed by atoms with Gasteiger partial charge >= 0.3 is 5.97 Å². The number of hydrogen-bond acceptors (Lipinski definition) is 13. The molecule has 9 atom stereocenters. The van der Waals surface area contributed by atoms with Gasteiger partial charge in [0.05, 0.1) is 13.2 Å². The molecule has 33 heavy (non-hydrogen) atoms. The summed E-state index contributed by atoms with van der Waals surface area (Å²) in [6, 6.07) is 0. The molecular weight excluding hydrogens is 448 g/mol.